The molecule has 4 nitrogen and oxygen atoms in total. The van der Waals surface area contributed by atoms with E-state index in [1.165, 1.54) is 23.5 Å². The Morgan fingerprint density at radius 2 is 1.93 bits per heavy atom. The number of amides is 1. The molecular weight excluding hydrogens is 408 g/mol. The second-order valence-corrected chi connectivity index (χ2v) is 7.62. The molecule has 0 bridgehead atoms. The van der Waals surface area contributed by atoms with Crippen LogP contribution in [-0.2, 0) is 0 Å². The lowest BCUT2D eigenvalue weighted by atomic mass is 10.2. The molecule has 4 rings (SSSR count). The molecule has 0 radical (unpaired) electrons. The molecule has 8 heteroatoms. The van der Waals surface area contributed by atoms with E-state index in [4.69, 9.17) is 23.2 Å². The van der Waals surface area contributed by atoms with Gasteiger partial charge in [-0.2, -0.15) is 0 Å². The van der Waals surface area contributed by atoms with Gasteiger partial charge in [0.05, 0.1) is 21.4 Å². The lowest BCUT2D eigenvalue weighted by Crippen LogP contribution is -2.12. The number of aryl methyl sites for hydroxylation is 1. The van der Waals surface area contributed by atoms with Crippen LogP contribution in [0.15, 0.2) is 48.7 Å². The fraction of sp³-hybridized carbons (Fsp3) is 0.0526. The minimum absolute atomic E-state index is 0.282. The summed E-state index contributed by atoms with van der Waals surface area (Å²) in [5.74, 6) is -0.579. The smallest absolute Gasteiger partial charge is 0.267 e. The second-order valence-electron chi connectivity index (χ2n) is 5.86. The van der Waals surface area contributed by atoms with Crippen molar-refractivity contribution < 1.29 is 9.18 Å². The standard InChI is InChI=1S/C19H12Cl2FN3OS/c1-10-17(18(26)23-14-4-2-3-13(20)16(14)21)27-19-24-15(9-25(10)19)11-5-7-12(22)8-6-11/h2-9H,1H3,(H,23,26). The number of halogens is 3. The quantitative estimate of drug-likeness (QED) is 0.437. The number of hydrogen-bond acceptors (Lipinski definition) is 3. The molecule has 2 heterocycles. The van der Waals surface area contributed by atoms with E-state index in [0.717, 1.165) is 11.3 Å². The van der Waals surface area contributed by atoms with Crippen molar-refractivity contribution in [1.82, 2.24) is 9.38 Å². The van der Waals surface area contributed by atoms with Crippen LogP contribution in [0, 0.1) is 12.7 Å². The van der Waals surface area contributed by atoms with E-state index in [2.05, 4.69) is 10.3 Å². The number of nitrogens with zero attached hydrogens (tertiary/aromatic N) is 2. The van der Waals surface area contributed by atoms with Crippen molar-refractivity contribution in [2.24, 2.45) is 0 Å². The fourth-order valence-electron chi connectivity index (χ4n) is 2.70. The highest BCUT2D eigenvalue weighted by atomic mass is 35.5. The van der Waals surface area contributed by atoms with Crippen LogP contribution >= 0.6 is 34.5 Å². The van der Waals surface area contributed by atoms with Crippen LogP contribution in [0.25, 0.3) is 16.2 Å². The van der Waals surface area contributed by atoms with Crippen LogP contribution in [0.3, 0.4) is 0 Å². The molecule has 2 aromatic heterocycles. The lowest BCUT2D eigenvalue weighted by molar-refractivity contribution is 0.102. The number of aromatic nitrogens is 2. The summed E-state index contributed by atoms with van der Waals surface area (Å²) in [6.45, 7) is 1.84. The average molecular weight is 420 g/mol. The zero-order valence-corrected chi connectivity index (χ0v) is 16.3. The minimum Gasteiger partial charge on any atom is -0.320 e. The second kappa shape index (κ2) is 6.96. The zero-order chi connectivity index (χ0) is 19.1. The molecule has 0 atom stereocenters. The van der Waals surface area contributed by atoms with Crippen LogP contribution in [0.5, 0.6) is 0 Å². The van der Waals surface area contributed by atoms with Crippen molar-refractivity contribution in [2.45, 2.75) is 6.92 Å². The highest BCUT2D eigenvalue weighted by molar-refractivity contribution is 7.19. The molecule has 4 aromatic rings. The van der Waals surface area contributed by atoms with Gasteiger partial charge in [-0.1, -0.05) is 40.6 Å². The summed E-state index contributed by atoms with van der Waals surface area (Å²) >= 11 is 13.4. The highest BCUT2D eigenvalue weighted by Gasteiger charge is 2.19. The Morgan fingerprint density at radius 3 is 2.63 bits per heavy atom. The molecule has 2 aromatic carbocycles. The summed E-state index contributed by atoms with van der Waals surface area (Å²) in [5.41, 5.74) is 2.73. The number of carbonyl (C=O) groups is 1. The van der Waals surface area contributed by atoms with E-state index >= 15 is 0 Å². The number of imidazole rings is 1. The fourth-order valence-corrected chi connectivity index (χ4v) is 4.05. The first-order valence-corrected chi connectivity index (χ1v) is 9.51. The number of thiazole rings is 1. The van der Waals surface area contributed by atoms with Crippen molar-refractivity contribution in [3.05, 3.63) is 75.1 Å². The Labute approximate surface area is 168 Å². The normalized spacial score (nSPS) is 11.1. The molecule has 0 saturated heterocycles. The first-order valence-electron chi connectivity index (χ1n) is 7.94. The van der Waals surface area contributed by atoms with Gasteiger partial charge in [0.25, 0.3) is 5.91 Å². The van der Waals surface area contributed by atoms with Gasteiger partial charge in [0, 0.05) is 17.5 Å². The lowest BCUT2D eigenvalue weighted by Gasteiger charge is -2.07. The van der Waals surface area contributed by atoms with Gasteiger partial charge in [-0.25, -0.2) is 9.37 Å². The van der Waals surface area contributed by atoms with Crippen molar-refractivity contribution in [2.75, 3.05) is 5.32 Å². The predicted octanol–water partition coefficient (Wildman–Crippen LogP) is 6.07. The molecule has 0 aliphatic carbocycles. The van der Waals surface area contributed by atoms with Gasteiger partial charge < -0.3 is 5.32 Å². The largest absolute Gasteiger partial charge is 0.320 e. The Hall–Kier alpha value is -2.41. The molecular formula is C19H12Cl2FN3OS. The van der Waals surface area contributed by atoms with Gasteiger partial charge >= 0.3 is 0 Å². The van der Waals surface area contributed by atoms with Gasteiger partial charge in [-0.3, -0.25) is 9.20 Å². The van der Waals surface area contributed by atoms with E-state index in [-0.39, 0.29) is 11.7 Å². The number of anilines is 1. The first kappa shape index (κ1) is 18.0. The topological polar surface area (TPSA) is 46.4 Å². The molecule has 0 unspecified atom stereocenters. The van der Waals surface area contributed by atoms with Crippen molar-refractivity contribution in [3.8, 4) is 11.3 Å². The van der Waals surface area contributed by atoms with E-state index < -0.39 is 0 Å². The molecule has 0 spiro atoms. The van der Waals surface area contributed by atoms with E-state index in [1.807, 2.05) is 17.5 Å². The Morgan fingerprint density at radius 1 is 1.19 bits per heavy atom. The highest BCUT2D eigenvalue weighted by Crippen LogP contribution is 2.32. The molecule has 136 valence electrons. The summed E-state index contributed by atoms with van der Waals surface area (Å²) < 4.78 is 14.9. The van der Waals surface area contributed by atoms with Gasteiger partial charge in [-0.15, -0.1) is 0 Å². The third-order valence-corrected chi connectivity index (χ3v) is 6.08. The SMILES string of the molecule is Cc1c(C(=O)Nc2cccc(Cl)c2Cl)sc2nc(-c3ccc(F)cc3)cn12. The number of benzene rings is 2. The molecule has 1 N–H and O–H groups in total. The molecule has 27 heavy (non-hydrogen) atoms. The van der Waals surface area contributed by atoms with Crippen LogP contribution in [-0.4, -0.2) is 15.3 Å². The number of nitrogens with one attached hydrogen (secondary N) is 1. The summed E-state index contributed by atoms with van der Waals surface area (Å²) in [7, 11) is 0. The maximum Gasteiger partial charge on any atom is 0.267 e. The summed E-state index contributed by atoms with van der Waals surface area (Å²) in [4.78, 5) is 18.4. The van der Waals surface area contributed by atoms with Gasteiger partial charge in [0.1, 0.15) is 10.7 Å². The monoisotopic (exact) mass is 419 g/mol. The van der Waals surface area contributed by atoms with E-state index in [0.29, 0.717) is 31.3 Å². The predicted molar refractivity (Wildman–Crippen MR) is 108 cm³/mol. The third-order valence-electron chi connectivity index (χ3n) is 4.10. The molecule has 0 saturated carbocycles. The molecule has 1 amide bonds. The van der Waals surface area contributed by atoms with Gasteiger partial charge in [0.2, 0.25) is 0 Å². The molecule has 0 aliphatic rings. The summed E-state index contributed by atoms with van der Waals surface area (Å²) in [6, 6.07) is 11.2. The Balaban J connectivity index is 1.66. The van der Waals surface area contributed by atoms with Crippen LogP contribution in [0.2, 0.25) is 10.0 Å². The first-order chi connectivity index (χ1) is 12.9. The summed E-state index contributed by atoms with van der Waals surface area (Å²) in [6.07, 6.45) is 1.83. The maximum absolute atomic E-state index is 13.1. The van der Waals surface area contributed by atoms with Gasteiger partial charge in [0.15, 0.2) is 4.96 Å². The Kier molecular flexibility index (Phi) is 4.63. The molecule has 0 fully saturated rings. The van der Waals surface area contributed by atoms with Crippen LogP contribution in [0.4, 0.5) is 10.1 Å². The van der Waals surface area contributed by atoms with Crippen LogP contribution < -0.4 is 5.32 Å². The van der Waals surface area contributed by atoms with Crippen molar-refractivity contribution >= 4 is 51.1 Å². The number of fused-ring (bicyclic) bond motifs is 1. The average Bonchev–Trinajstić information content (AvgIpc) is 3.19. The molecule has 0 aliphatic heterocycles. The zero-order valence-electron chi connectivity index (χ0n) is 14.0. The number of hydrogen-bond donors (Lipinski definition) is 1. The minimum atomic E-state index is -0.297. The Bertz CT molecular complexity index is 1170. The summed E-state index contributed by atoms with van der Waals surface area (Å²) in [5, 5.41) is 3.45. The number of carbonyl (C=O) groups excluding carboxylic acids is 1. The van der Waals surface area contributed by atoms with Gasteiger partial charge in [-0.05, 0) is 43.3 Å². The van der Waals surface area contributed by atoms with Crippen molar-refractivity contribution in [1.29, 1.82) is 0 Å². The van der Waals surface area contributed by atoms with E-state index in [9.17, 15) is 9.18 Å². The third kappa shape index (κ3) is 3.32. The maximum atomic E-state index is 13.1. The van der Waals surface area contributed by atoms with Crippen molar-refractivity contribution in [3.63, 3.8) is 0 Å². The number of rotatable bonds is 3. The van der Waals surface area contributed by atoms with E-state index in [1.54, 1.807) is 30.3 Å². The van der Waals surface area contributed by atoms with Crippen LogP contribution in [0.1, 0.15) is 15.4 Å².